The van der Waals surface area contributed by atoms with E-state index in [-0.39, 0.29) is 17.7 Å². The Kier molecular flexibility index (Phi) is 4.76. The molecule has 1 atom stereocenters. The summed E-state index contributed by atoms with van der Waals surface area (Å²) in [6.07, 6.45) is 10.2. The zero-order valence-electron chi connectivity index (χ0n) is 15.3. The fourth-order valence-corrected chi connectivity index (χ4v) is 4.44. The number of nitrogens with one attached hydrogen (secondary N) is 1. The summed E-state index contributed by atoms with van der Waals surface area (Å²) in [5.41, 5.74) is 0.0248. The number of ether oxygens (including phenoxy) is 1. The van der Waals surface area contributed by atoms with Crippen LogP contribution in [0.4, 0.5) is 4.79 Å². The molecule has 5 nitrogen and oxygen atoms in total. The average molecular weight is 346 g/mol. The van der Waals surface area contributed by atoms with E-state index in [9.17, 15) is 4.79 Å². The van der Waals surface area contributed by atoms with Crippen molar-refractivity contribution >= 4 is 6.03 Å². The van der Waals surface area contributed by atoms with E-state index in [0.717, 1.165) is 56.7 Å². The zero-order valence-corrected chi connectivity index (χ0v) is 15.3. The van der Waals surface area contributed by atoms with Gasteiger partial charge in [0.25, 0.3) is 0 Å². The second-order valence-electron chi connectivity index (χ2n) is 8.10. The molecule has 25 heavy (non-hydrogen) atoms. The number of hydrogen-bond donors (Lipinski definition) is 1. The molecule has 2 saturated carbocycles. The quantitative estimate of drug-likeness (QED) is 0.891. The first-order valence-corrected chi connectivity index (χ1v) is 9.90. The lowest BCUT2D eigenvalue weighted by Gasteiger charge is -2.44. The molecule has 1 aromatic rings. The van der Waals surface area contributed by atoms with Crippen molar-refractivity contribution in [2.24, 2.45) is 0 Å². The summed E-state index contributed by atoms with van der Waals surface area (Å²) in [6, 6.07) is 4.61. The van der Waals surface area contributed by atoms with Gasteiger partial charge in [-0.25, -0.2) is 4.79 Å². The van der Waals surface area contributed by atoms with Gasteiger partial charge in [-0.2, -0.15) is 0 Å². The lowest BCUT2D eigenvalue weighted by atomic mass is 9.78. The predicted molar refractivity (Wildman–Crippen MR) is 95.3 cm³/mol. The molecule has 4 rings (SSSR count). The molecule has 1 spiro atoms. The molecule has 0 aromatic carbocycles. The van der Waals surface area contributed by atoms with Gasteiger partial charge in [0.05, 0.1) is 12.1 Å². The Balaban J connectivity index is 1.37. The van der Waals surface area contributed by atoms with Crippen molar-refractivity contribution in [2.75, 3.05) is 6.61 Å². The SMILES string of the molecule is Cc1ccc(CN(C(=O)NC2CCOC3(CCCCC3)C2)C2CC2)o1. The molecule has 1 aromatic heterocycles. The Bertz CT molecular complexity index is 596. The van der Waals surface area contributed by atoms with Gasteiger partial charge < -0.3 is 19.4 Å². The molecule has 2 heterocycles. The van der Waals surface area contributed by atoms with Gasteiger partial charge in [0.1, 0.15) is 11.5 Å². The van der Waals surface area contributed by atoms with Crippen LogP contribution in [0.5, 0.6) is 0 Å². The molecule has 2 amide bonds. The molecule has 138 valence electrons. The minimum Gasteiger partial charge on any atom is -0.464 e. The number of hydrogen-bond acceptors (Lipinski definition) is 3. The van der Waals surface area contributed by atoms with Crippen molar-refractivity contribution in [2.45, 2.75) is 88.9 Å². The maximum Gasteiger partial charge on any atom is 0.318 e. The van der Waals surface area contributed by atoms with Crippen LogP contribution in [0.3, 0.4) is 0 Å². The minimum absolute atomic E-state index is 0.0248. The van der Waals surface area contributed by atoms with Crippen LogP contribution in [-0.2, 0) is 11.3 Å². The minimum atomic E-state index is 0.0248. The molecule has 1 N–H and O–H groups in total. The maximum absolute atomic E-state index is 12.9. The first kappa shape index (κ1) is 17.0. The fraction of sp³-hybridized carbons (Fsp3) is 0.750. The lowest BCUT2D eigenvalue weighted by Crippen LogP contribution is -2.52. The second-order valence-corrected chi connectivity index (χ2v) is 8.10. The van der Waals surface area contributed by atoms with Gasteiger partial charge in [-0.15, -0.1) is 0 Å². The number of urea groups is 1. The molecule has 0 radical (unpaired) electrons. The first-order chi connectivity index (χ1) is 12.1. The van der Waals surface area contributed by atoms with Crippen LogP contribution in [-0.4, -0.2) is 35.2 Å². The average Bonchev–Trinajstić information content (AvgIpc) is 3.35. The fourth-order valence-electron chi connectivity index (χ4n) is 4.44. The van der Waals surface area contributed by atoms with E-state index < -0.39 is 0 Å². The largest absolute Gasteiger partial charge is 0.464 e. The van der Waals surface area contributed by atoms with E-state index in [0.29, 0.717) is 12.6 Å². The van der Waals surface area contributed by atoms with E-state index in [1.54, 1.807) is 0 Å². The zero-order chi connectivity index (χ0) is 17.3. The van der Waals surface area contributed by atoms with Gasteiger partial charge >= 0.3 is 6.03 Å². The Hall–Kier alpha value is -1.49. The van der Waals surface area contributed by atoms with Gasteiger partial charge in [0.15, 0.2) is 0 Å². The van der Waals surface area contributed by atoms with Gasteiger partial charge in [-0.3, -0.25) is 0 Å². The van der Waals surface area contributed by atoms with E-state index >= 15 is 0 Å². The lowest BCUT2D eigenvalue weighted by molar-refractivity contribution is -0.108. The Labute approximate surface area is 150 Å². The summed E-state index contributed by atoms with van der Waals surface area (Å²) in [7, 11) is 0. The predicted octanol–water partition coefficient (Wildman–Crippen LogP) is 4.14. The molecule has 3 fully saturated rings. The Morgan fingerprint density at radius 3 is 2.72 bits per heavy atom. The van der Waals surface area contributed by atoms with Crippen LogP contribution in [0.2, 0.25) is 0 Å². The number of rotatable bonds is 4. The highest BCUT2D eigenvalue weighted by Crippen LogP contribution is 2.38. The number of carbonyl (C=O) groups excluding carboxylic acids is 1. The Morgan fingerprint density at radius 1 is 1.24 bits per heavy atom. The molecule has 0 bridgehead atoms. The number of carbonyl (C=O) groups is 1. The highest BCUT2D eigenvalue weighted by Gasteiger charge is 2.40. The van der Waals surface area contributed by atoms with Crippen LogP contribution in [0.25, 0.3) is 0 Å². The monoisotopic (exact) mass is 346 g/mol. The Morgan fingerprint density at radius 2 is 2.04 bits per heavy atom. The van der Waals surface area contributed by atoms with Crippen LogP contribution < -0.4 is 5.32 Å². The third-order valence-corrected chi connectivity index (χ3v) is 5.96. The number of nitrogens with zero attached hydrogens (tertiary/aromatic N) is 1. The molecular formula is C20H30N2O3. The highest BCUT2D eigenvalue weighted by molar-refractivity contribution is 5.75. The third kappa shape index (κ3) is 4.02. The molecule has 1 unspecified atom stereocenters. The van der Waals surface area contributed by atoms with Crippen LogP contribution in [0.1, 0.15) is 69.3 Å². The standard InChI is InChI=1S/C20H30N2O3/c1-15-5-8-18(25-15)14-22(17-6-7-17)19(23)21-16-9-12-24-20(13-16)10-3-2-4-11-20/h5,8,16-17H,2-4,6-7,9-14H2,1H3,(H,21,23). The van der Waals surface area contributed by atoms with E-state index in [2.05, 4.69) is 5.32 Å². The van der Waals surface area contributed by atoms with E-state index in [4.69, 9.17) is 9.15 Å². The molecule has 2 aliphatic carbocycles. The summed E-state index contributed by atoms with van der Waals surface area (Å²) < 4.78 is 11.8. The maximum atomic E-state index is 12.9. The smallest absolute Gasteiger partial charge is 0.318 e. The van der Waals surface area contributed by atoms with E-state index in [1.807, 2.05) is 24.0 Å². The van der Waals surface area contributed by atoms with Crippen molar-refractivity contribution in [1.29, 1.82) is 0 Å². The van der Waals surface area contributed by atoms with E-state index in [1.165, 1.54) is 19.3 Å². The normalized spacial score (nSPS) is 25.7. The number of aryl methyl sites for hydroxylation is 1. The topological polar surface area (TPSA) is 54.7 Å². The van der Waals surface area contributed by atoms with Crippen molar-refractivity contribution in [3.05, 3.63) is 23.7 Å². The van der Waals surface area contributed by atoms with Gasteiger partial charge in [0.2, 0.25) is 0 Å². The van der Waals surface area contributed by atoms with Crippen molar-refractivity contribution in [3.8, 4) is 0 Å². The number of amides is 2. The molecule has 5 heteroatoms. The highest BCUT2D eigenvalue weighted by atomic mass is 16.5. The third-order valence-electron chi connectivity index (χ3n) is 5.96. The number of furan rings is 1. The van der Waals surface area contributed by atoms with Crippen molar-refractivity contribution < 1.29 is 13.9 Å². The van der Waals surface area contributed by atoms with Crippen molar-refractivity contribution in [1.82, 2.24) is 10.2 Å². The summed E-state index contributed by atoms with van der Waals surface area (Å²) in [6.45, 7) is 3.28. The first-order valence-electron chi connectivity index (χ1n) is 9.90. The van der Waals surface area contributed by atoms with Gasteiger partial charge in [0, 0.05) is 18.7 Å². The van der Waals surface area contributed by atoms with Crippen molar-refractivity contribution in [3.63, 3.8) is 0 Å². The van der Waals surface area contributed by atoms with Crippen LogP contribution in [0.15, 0.2) is 16.5 Å². The van der Waals surface area contributed by atoms with Gasteiger partial charge in [-0.1, -0.05) is 19.3 Å². The summed E-state index contributed by atoms with van der Waals surface area (Å²) >= 11 is 0. The summed E-state index contributed by atoms with van der Waals surface area (Å²) in [5.74, 6) is 1.77. The summed E-state index contributed by atoms with van der Waals surface area (Å²) in [4.78, 5) is 14.9. The second kappa shape index (κ2) is 7.02. The molecule has 3 aliphatic rings. The summed E-state index contributed by atoms with van der Waals surface area (Å²) in [5, 5.41) is 3.30. The molecular weight excluding hydrogens is 316 g/mol. The molecule has 1 aliphatic heterocycles. The van der Waals surface area contributed by atoms with Crippen LogP contribution in [0, 0.1) is 6.92 Å². The van der Waals surface area contributed by atoms with Crippen LogP contribution >= 0.6 is 0 Å². The van der Waals surface area contributed by atoms with Gasteiger partial charge in [-0.05, 0) is 57.6 Å². The molecule has 1 saturated heterocycles.